The van der Waals surface area contributed by atoms with E-state index in [4.69, 9.17) is 10.5 Å². The summed E-state index contributed by atoms with van der Waals surface area (Å²) in [6.45, 7) is -0.303. The molecule has 2 aromatic carbocycles. The van der Waals surface area contributed by atoms with Crippen molar-refractivity contribution in [2.75, 3.05) is 24.7 Å². The van der Waals surface area contributed by atoms with E-state index in [2.05, 4.69) is 30.0 Å². The Balaban J connectivity index is 1.18. The molecule has 230 valence electrons. The summed E-state index contributed by atoms with van der Waals surface area (Å²) in [6, 6.07) is 10.5. The molecule has 1 aliphatic heterocycles. The molecule has 0 aliphatic carbocycles. The Hall–Kier alpha value is -4.82. The topological polar surface area (TPSA) is 243 Å². The fraction of sp³-hybridized carbons (Fsp3) is 0.320. The van der Waals surface area contributed by atoms with Crippen molar-refractivity contribution in [2.45, 2.75) is 42.5 Å². The summed E-state index contributed by atoms with van der Waals surface area (Å²) in [5.74, 6) is -0.811. The van der Waals surface area contributed by atoms with Crippen LogP contribution in [0.3, 0.4) is 0 Å². The number of rotatable bonds is 9. The molecule has 0 bridgehead atoms. The minimum absolute atomic E-state index is 0.0550. The molecule has 0 spiro atoms. The Morgan fingerprint density at radius 2 is 1.89 bits per heavy atom. The molecule has 19 heteroatoms. The van der Waals surface area contributed by atoms with Gasteiger partial charge in [0.05, 0.1) is 23.7 Å². The predicted octanol–water partition coefficient (Wildman–Crippen LogP) is -0.0747. The van der Waals surface area contributed by atoms with Crippen LogP contribution in [-0.4, -0.2) is 90.5 Å². The minimum Gasteiger partial charge on any atom is -0.390 e. The highest BCUT2D eigenvalue weighted by Crippen LogP contribution is 2.36. The van der Waals surface area contributed by atoms with Crippen molar-refractivity contribution in [3.05, 3.63) is 64.7 Å². The third-order valence-electron chi connectivity index (χ3n) is 7.27. The van der Waals surface area contributed by atoms with Gasteiger partial charge < -0.3 is 35.7 Å². The summed E-state index contributed by atoms with van der Waals surface area (Å²) in [5.41, 5.74) is 6.83. The van der Waals surface area contributed by atoms with Crippen molar-refractivity contribution < 1.29 is 28.3 Å². The van der Waals surface area contributed by atoms with E-state index in [9.17, 15) is 28.7 Å². The molecule has 4 atom stereocenters. The molecule has 1 aliphatic rings. The zero-order valence-corrected chi connectivity index (χ0v) is 24.1. The van der Waals surface area contributed by atoms with Crippen molar-refractivity contribution in [3.8, 4) is 0 Å². The monoisotopic (exact) mass is 625 g/mol. The summed E-state index contributed by atoms with van der Waals surface area (Å²) in [5, 5.41) is 42.6. The molecule has 3 aromatic heterocycles. The van der Waals surface area contributed by atoms with Crippen molar-refractivity contribution in [3.63, 3.8) is 0 Å². The molecule has 18 nitrogen and oxygen atoms in total. The molecule has 0 saturated carbocycles. The Labute approximate surface area is 248 Å². The lowest BCUT2D eigenvalue weighted by Gasteiger charge is -2.17. The number of imidazole rings is 1. The van der Waals surface area contributed by atoms with Crippen LogP contribution in [0.2, 0.25) is 0 Å². The number of nitrogen functional groups attached to an aromatic ring is 1. The number of aliphatic hydroxyl groups excluding tert-OH is 2. The van der Waals surface area contributed by atoms with E-state index in [1.54, 1.807) is 18.2 Å². The van der Waals surface area contributed by atoms with Gasteiger partial charge in [-0.05, 0) is 17.1 Å². The summed E-state index contributed by atoms with van der Waals surface area (Å²) >= 11 is 0. The number of hydrogen-bond donors (Lipinski definition) is 4. The molecule has 0 amide bonds. The first kappa shape index (κ1) is 29.3. The van der Waals surface area contributed by atoms with Gasteiger partial charge >= 0.3 is 5.95 Å². The summed E-state index contributed by atoms with van der Waals surface area (Å²) < 4.78 is 37.2. The second kappa shape index (κ2) is 11.0. The Bertz CT molecular complexity index is 2000. The Morgan fingerprint density at radius 3 is 2.64 bits per heavy atom. The Morgan fingerprint density at radius 1 is 1.14 bits per heavy atom. The van der Waals surface area contributed by atoms with Crippen LogP contribution in [0.15, 0.2) is 53.8 Å². The third kappa shape index (κ3) is 5.05. The van der Waals surface area contributed by atoms with Crippen LogP contribution in [-0.2, 0) is 27.8 Å². The summed E-state index contributed by atoms with van der Waals surface area (Å²) in [6.07, 6.45) is -3.07. The summed E-state index contributed by atoms with van der Waals surface area (Å²) in [4.78, 5) is 24.6. The quantitative estimate of drug-likeness (QED) is 0.124. The molecule has 44 heavy (non-hydrogen) atoms. The van der Waals surface area contributed by atoms with Gasteiger partial charge in [-0.15, -0.1) is 5.10 Å². The molecule has 6 rings (SSSR count). The van der Waals surface area contributed by atoms with Gasteiger partial charge in [-0.1, -0.05) is 34.5 Å². The van der Waals surface area contributed by atoms with E-state index < -0.39 is 45.4 Å². The molecular weight excluding hydrogens is 598 g/mol. The zero-order chi connectivity index (χ0) is 31.3. The van der Waals surface area contributed by atoms with E-state index >= 15 is 0 Å². The number of nitrogens with zero attached hydrogens (tertiary/aromatic N) is 9. The summed E-state index contributed by atoms with van der Waals surface area (Å²) in [7, 11) is -0.192. The first-order valence-corrected chi connectivity index (χ1v) is 14.7. The number of aromatic nitrogens is 7. The first-order valence-electron chi connectivity index (χ1n) is 13.2. The largest absolute Gasteiger partial charge is 0.439 e. The number of nitro groups is 1. The zero-order valence-electron chi connectivity index (χ0n) is 23.3. The van der Waals surface area contributed by atoms with Crippen LogP contribution in [0.1, 0.15) is 11.9 Å². The minimum atomic E-state index is -3.95. The normalized spacial score (nSPS) is 20.5. The van der Waals surface area contributed by atoms with Crippen LogP contribution in [0.5, 0.6) is 0 Å². The van der Waals surface area contributed by atoms with E-state index in [0.29, 0.717) is 5.39 Å². The van der Waals surface area contributed by atoms with Gasteiger partial charge in [0.25, 0.3) is 0 Å². The molecule has 4 heterocycles. The number of hydrogen-bond acceptors (Lipinski definition) is 14. The third-order valence-corrected chi connectivity index (χ3v) is 8.73. The highest BCUT2D eigenvalue weighted by molar-refractivity contribution is 7.89. The maximum atomic E-state index is 13.3. The van der Waals surface area contributed by atoms with Crippen LogP contribution in [0.4, 0.5) is 17.5 Å². The number of ether oxygens (including phenoxy) is 1. The lowest BCUT2D eigenvalue weighted by Crippen LogP contribution is -2.34. The van der Waals surface area contributed by atoms with E-state index in [-0.39, 0.29) is 40.7 Å². The second-order valence-electron chi connectivity index (χ2n) is 10.3. The highest BCUT2D eigenvalue weighted by Gasteiger charge is 2.49. The molecule has 5 aromatic rings. The van der Waals surface area contributed by atoms with Gasteiger partial charge in [-0.3, -0.25) is 0 Å². The molecule has 1 saturated heterocycles. The van der Waals surface area contributed by atoms with Crippen LogP contribution in [0, 0.1) is 10.1 Å². The molecule has 0 unspecified atom stereocenters. The number of sulfonamides is 1. The first-order chi connectivity index (χ1) is 21.0. The van der Waals surface area contributed by atoms with Gasteiger partial charge in [0.2, 0.25) is 27.4 Å². The number of aliphatic hydroxyl groups is 2. The molecule has 1 fully saturated rings. The second-order valence-corrected chi connectivity index (χ2v) is 12.0. The fourth-order valence-electron chi connectivity index (χ4n) is 5.20. The van der Waals surface area contributed by atoms with Gasteiger partial charge in [0.1, 0.15) is 24.6 Å². The number of benzene rings is 2. The average molecular weight is 626 g/mol. The van der Waals surface area contributed by atoms with Crippen LogP contribution < -0.4 is 15.4 Å². The lowest BCUT2D eigenvalue weighted by atomic mass is 10.1. The van der Waals surface area contributed by atoms with Gasteiger partial charge in [-0.25, -0.2) is 27.8 Å². The van der Waals surface area contributed by atoms with Gasteiger partial charge in [0, 0.05) is 36.8 Å². The van der Waals surface area contributed by atoms with Crippen molar-refractivity contribution >= 4 is 49.4 Å². The number of fused-ring (bicyclic) bond motifs is 2. The Kier molecular flexibility index (Phi) is 7.33. The standard InChI is InChI=1S/C25H27N11O7S/c1-33(2)16-7-3-6-15-14(16)5-4-8-18(15)44(41,42)29-9-13-10-34(32-31-13)11-17-20(37)21(38)24(43-17)35-23-19(22(26)27-12-28-23)30-25(35)36(39)40/h3-8,10,12,17,20-21,24,29,37-38H,9,11H2,1-2H3,(H2,26,27,28)/t17-,20-,21-,24-/m1/s1. The average Bonchev–Trinajstić information content (AvgIpc) is 3.68. The van der Waals surface area contributed by atoms with Crippen LogP contribution in [0.25, 0.3) is 21.9 Å². The molecular formula is C25H27N11O7S. The van der Waals surface area contributed by atoms with E-state index in [0.717, 1.165) is 22.0 Å². The van der Waals surface area contributed by atoms with Gasteiger partial charge in [0.15, 0.2) is 5.82 Å². The van der Waals surface area contributed by atoms with Crippen LogP contribution >= 0.6 is 0 Å². The highest BCUT2D eigenvalue weighted by atomic mass is 32.2. The smallest absolute Gasteiger partial charge is 0.390 e. The molecule has 0 radical (unpaired) electrons. The van der Waals surface area contributed by atoms with E-state index in [1.807, 2.05) is 31.1 Å². The fourth-order valence-corrected chi connectivity index (χ4v) is 6.42. The van der Waals surface area contributed by atoms with Crippen molar-refractivity contribution in [1.29, 1.82) is 0 Å². The maximum Gasteiger partial charge on any atom is 0.439 e. The number of nitrogens with two attached hydrogens (primary N) is 1. The number of nitrogens with one attached hydrogen (secondary N) is 1. The maximum absolute atomic E-state index is 13.3. The van der Waals surface area contributed by atoms with E-state index in [1.165, 1.54) is 16.9 Å². The number of anilines is 2. The van der Waals surface area contributed by atoms with Crippen molar-refractivity contribution in [1.82, 2.24) is 39.2 Å². The predicted molar refractivity (Wildman–Crippen MR) is 155 cm³/mol. The lowest BCUT2D eigenvalue weighted by molar-refractivity contribution is -0.398. The van der Waals surface area contributed by atoms with Gasteiger partial charge in [-0.2, -0.15) is 4.57 Å². The molecule has 5 N–H and O–H groups in total. The van der Waals surface area contributed by atoms with Crippen molar-refractivity contribution in [2.24, 2.45) is 0 Å². The SMILES string of the molecule is CN(C)c1cccc2c(S(=O)(=O)NCc3cn(C[C@H]4O[C@@H](n5c([N+](=O)[O-])nc6c(N)ncnc65)[C@H](O)[C@@H]4O)nn3)cccc12.